The van der Waals surface area contributed by atoms with Gasteiger partial charge in [0.2, 0.25) is 12.7 Å². The number of amides is 2. The van der Waals surface area contributed by atoms with Crippen LogP contribution in [0.5, 0.6) is 11.5 Å². The van der Waals surface area contributed by atoms with Gasteiger partial charge in [-0.3, -0.25) is 9.59 Å². The van der Waals surface area contributed by atoms with E-state index >= 15 is 0 Å². The maximum atomic E-state index is 12.6. The number of fused-ring (bicyclic) bond motifs is 1. The van der Waals surface area contributed by atoms with E-state index < -0.39 is 18.4 Å². The highest BCUT2D eigenvalue weighted by Crippen LogP contribution is 2.32. The molecule has 2 heterocycles. The van der Waals surface area contributed by atoms with E-state index in [2.05, 4.69) is 10.6 Å². The number of aliphatic hydroxyl groups excluding tert-OH is 1. The predicted molar refractivity (Wildman–Crippen MR) is 91.8 cm³/mol. The number of carbonyl (C=O) groups excluding carboxylic acids is 2. The second kappa shape index (κ2) is 7.92. The fourth-order valence-corrected chi connectivity index (χ4v) is 2.98. The molecule has 2 amide bonds. The molecular weight excluding hydrogens is 340 g/mol. The van der Waals surface area contributed by atoms with Crippen molar-refractivity contribution in [2.24, 2.45) is 5.92 Å². The van der Waals surface area contributed by atoms with E-state index in [0.717, 1.165) is 0 Å². The van der Waals surface area contributed by atoms with Crippen LogP contribution < -0.4 is 20.1 Å². The maximum Gasteiger partial charge on any atom is 0.252 e. The van der Waals surface area contributed by atoms with Crippen molar-refractivity contribution in [1.82, 2.24) is 10.6 Å². The van der Waals surface area contributed by atoms with Crippen molar-refractivity contribution in [3.63, 3.8) is 0 Å². The highest BCUT2D eigenvalue weighted by Gasteiger charge is 2.31. The summed E-state index contributed by atoms with van der Waals surface area (Å²) in [4.78, 5) is 25.2. The molecule has 3 N–H and O–H groups in total. The Morgan fingerprint density at radius 1 is 1.27 bits per heavy atom. The summed E-state index contributed by atoms with van der Waals surface area (Å²) in [5.74, 6) is 0.601. The number of aliphatic hydroxyl groups is 1. The first kappa shape index (κ1) is 18.5. The Bertz CT molecular complexity index is 678. The van der Waals surface area contributed by atoms with Crippen molar-refractivity contribution in [3.05, 3.63) is 23.8 Å². The van der Waals surface area contributed by atoms with Gasteiger partial charge in [-0.1, -0.05) is 13.8 Å². The minimum atomic E-state index is -1.01. The fourth-order valence-electron chi connectivity index (χ4n) is 2.98. The quantitative estimate of drug-likeness (QED) is 0.689. The van der Waals surface area contributed by atoms with Crippen molar-refractivity contribution < 1.29 is 28.9 Å². The molecule has 0 bridgehead atoms. The van der Waals surface area contributed by atoms with Crippen LogP contribution in [0.3, 0.4) is 0 Å². The maximum absolute atomic E-state index is 12.6. The minimum absolute atomic E-state index is 0.130. The second-order valence-electron chi connectivity index (χ2n) is 6.89. The summed E-state index contributed by atoms with van der Waals surface area (Å²) < 4.78 is 15.6. The van der Waals surface area contributed by atoms with Crippen LogP contribution in [0.4, 0.5) is 0 Å². The van der Waals surface area contributed by atoms with Crippen molar-refractivity contribution >= 4 is 11.8 Å². The van der Waals surface area contributed by atoms with Crippen LogP contribution in [0.25, 0.3) is 0 Å². The summed E-state index contributed by atoms with van der Waals surface area (Å²) >= 11 is 0. The van der Waals surface area contributed by atoms with Crippen LogP contribution in [-0.2, 0) is 9.53 Å². The molecule has 1 fully saturated rings. The van der Waals surface area contributed by atoms with Gasteiger partial charge in [0, 0.05) is 5.56 Å². The molecule has 8 heteroatoms. The molecule has 0 saturated carbocycles. The summed E-state index contributed by atoms with van der Waals surface area (Å²) in [6.07, 6.45) is 0.00616. The molecule has 1 aromatic carbocycles. The third-order valence-corrected chi connectivity index (χ3v) is 4.35. The molecule has 3 rings (SSSR count). The molecule has 1 unspecified atom stereocenters. The van der Waals surface area contributed by atoms with Crippen molar-refractivity contribution in [1.29, 1.82) is 0 Å². The number of hydrogen-bond donors (Lipinski definition) is 3. The normalized spacial score (nSPS) is 22.3. The average Bonchev–Trinajstić information content (AvgIpc) is 3.22. The molecular formula is C18H24N2O6. The van der Waals surface area contributed by atoms with Gasteiger partial charge < -0.3 is 30.0 Å². The van der Waals surface area contributed by atoms with Crippen LogP contribution in [0, 0.1) is 5.92 Å². The SMILES string of the molecule is CC(C)C[C@H](NC(=O)c1ccc2c(c1)OCO2)C(=O)N[C@H]1CCOC1O. The van der Waals surface area contributed by atoms with Crippen LogP contribution in [0.2, 0.25) is 0 Å². The van der Waals surface area contributed by atoms with Crippen molar-refractivity contribution in [2.75, 3.05) is 13.4 Å². The standard InChI is InChI=1S/C18H24N2O6/c1-10(2)7-13(17(22)19-12-5-6-24-18(12)23)20-16(21)11-3-4-14-15(8-11)26-9-25-14/h3-4,8,10,12-13,18,23H,5-7,9H2,1-2H3,(H,19,22)(H,20,21)/t12-,13-,18?/m0/s1. The summed E-state index contributed by atoms with van der Waals surface area (Å²) in [6.45, 7) is 4.47. The van der Waals surface area contributed by atoms with E-state index in [1.54, 1.807) is 18.2 Å². The first-order valence-electron chi connectivity index (χ1n) is 8.74. The van der Waals surface area contributed by atoms with Gasteiger partial charge in [0.25, 0.3) is 5.91 Å². The van der Waals surface area contributed by atoms with Crippen LogP contribution >= 0.6 is 0 Å². The van der Waals surface area contributed by atoms with Gasteiger partial charge in [0.1, 0.15) is 6.04 Å². The molecule has 0 spiro atoms. The first-order valence-corrected chi connectivity index (χ1v) is 8.74. The Balaban J connectivity index is 1.67. The summed E-state index contributed by atoms with van der Waals surface area (Å²) in [5, 5.41) is 15.2. The Kier molecular flexibility index (Phi) is 5.63. The number of hydrogen-bond acceptors (Lipinski definition) is 6. The highest BCUT2D eigenvalue weighted by molar-refractivity contribution is 5.98. The summed E-state index contributed by atoms with van der Waals surface area (Å²) in [6, 6.07) is 3.72. The topological polar surface area (TPSA) is 106 Å². The highest BCUT2D eigenvalue weighted by atomic mass is 16.7. The van der Waals surface area contributed by atoms with E-state index in [0.29, 0.717) is 36.5 Å². The summed E-state index contributed by atoms with van der Waals surface area (Å²) in [5.41, 5.74) is 0.389. The molecule has 142 valence electrons. The minimum Gasteiger partial charge on any atom is -0.454 e. The first-order chi connectivity index (χ1) is 12.4. The number of nitrogens with one attached hydrogen (secondary N) is 2. The molecule has 0 aliphatic carbocycles. The second-order valence-corrected chi connectivity index (χ2v) is 6.89. The number of ether oxygens (including phenoxy) is 3. The van der Waals surface area contributed by atoms with E-state index in [1.165, 1.54) is 0 Å². The molecule has 2 aliphatic heterocycles. The average molecular weight is 364 g/mol. The third-order valence-electron chi connectivity index (χ3n) is 4.35. The molecule has 26 heavy (non-hydrogen) atoms. The van der Waals surface area contributed by atoms with Crippen molar-refractivity contribution in [2.45, 2.75) is 45.1 Å². The van der Waals surface area contributed by atoms with Crippen molar-refractivity contribution in [3.8, 4) is 11.5 Å². The lowest BCUT2D eigenvalue weighted by Gasteiger charge is -2.23. The van der Waals surface area contributed by atoms with Gasteiger partial charge in [0.15, 0.2) is 17.8 Å². The summed E-state index contributed by atoms with van der Waals surface area (Å²) in [7, 11) is 0. The zero-order chi connectivity index (χ0) is 18.7. The Morgan fingerprint density at radius 2 is 2.04 bits per heavy atom. The number of rotatable bonds is 6. The Labute approximate surface area is 151 Å². The van der Waals surface area contributed by atoms with E-state index in [-0.39, 0.29) is 24.5 Å². The van der Waals surface area contributed by atoms with E-state index in [9.17, 15) is 14.7 Å². The van der Waals surface area contributed by atoms with Crippen LogP contribution in [0.1, 0.15) is 37.0 Å². The third kappa shape index (κ3) is 4.25. The zero-order valence-corrected chi connectivity index (χ0v) is 14.9. The van der Waals surface area contributed by atoms with E-state index in [1.807, 2.05) is 13.8 Å². The van der Waals surface area contributed by atoms with Gasteiger partial charge in [-0.2, -0.15) is 0 Å². The molecule has 1 saturated heterocycles. The monoisotopic (exact) mass is 364 g/mol. The van der Waals surface area contributed by atoms with Gasteiger partial charge >= 0.3 is 0 Å². The number of benzene rings is 1. The predicted octanol–water partition coefficient (Wildman–Crippen LogP) is 0.783. The lowest BCUT2D eigenvalue weighted by molar-refractivity contribution is -0.127. The zero-order valence-electron chi connectivity index (χ0n) is 14.9. The van der Waals surface area contributed by atoms with Crippen LogP contribution in [-0.4, -0.2) is 48.7 Å². The molecule has 8 nitrogen and oxygen atoms in total. The van der Waals surface area contributed by atoms with Gasteiger partial charge in [-0.05, 0) is 37.0 Å². The van der Waals surface area contributed by atoms with E-state index in [4.69, 9.17) is 14.2 Å². The smallest absolute Gasteiger partial charge is 0.252 e. The molecule has 0 radical (unpaired) electrons. The Hall–Kier alpha value is -2.32. The van der Waals surface area contributed by atoms with Gasteiger partial charge in [-0.25, -0.2) is 0 Å². The Morgan fingerprint density at radius 3 is 2.73 bits per heavy atom. The molecule has 1 aromatic rings. The van der Waals surface area contributed by atoms with Crippen LogP contribution in [0.15, 0.2) is 18.2 Å². The fraction of sp³-hybridized carbons (Fsp3) is 0.556. The lowest BCUT2D eigenvalue weighted by atomic mass is 10.0. The largest absolute Gasteiger partial charge is 0.454 e. The molecule has 3 atom stereocenters. The number of carbonyl (C=O) groups is 2. The van der Waals surface area contributed by atoms with Gasteiger partial charge in [0.05, 0.1) is 12.6 Å². The molecule has 0 aromatic heterocycles. The lowest BCUT2D eigenvalue weighted by Crippen LogP contribution is -2.51. The molecule has 2 aliphatic rings. The van der Waals surface area contributed by atoms with Gasteiger partial charge in [-0.15, -0.1) is 0 Å².